The van der Waals surface area contributed by atoms with Crippen LogP contribution in [0.5, 0.6) is 11.5 Å². The number of ether oxygens (including phenoxy) is 2. The van der Waals surface area contributed by atoms with Gasteiger partial charge in [0.25, 0.3) is 5.91 Å². The molecule has 32 heavy (non-hydrogen) atoms. The van der Waals surface area contributed by atoms with Crippen molar-refractivity contribution in [3.8, 4) is 17.2 Å². The first-order valence-electron chi connectivity index (χ1n) is 11.6. The maximum absolute atomic E-state index is 13.8. The van der Waals surface area contributed by atoms with Gasteiger partial charge in [0.05, 0.1) is 30.6 Å². The van der Waals surface area contributed by atoms with Gasteiger partial charge >= 0.3 is 0 Å². The van der Waals surface area contributed by atoms with Gasteiger partial charge in [0.1, 0.15) is 5.69 Å². The van der Waals surface area contributed by atoms with Crippen molar-refractivity contribution in [1.29, 1.82) is 0 Å². The summed E-state index contributed by atoms with van der Waals surface area (Å²) in [7, 11) is 0. The third kappa shape index (κ3) is 3.53. The molecule has 6 heteroatoms. The Kier molecular flexibility index (Phi) is 4.86. The van der Waals surface area contributed by atoms with E-state index in [0.717, 1.165) is 67.1 Å². The Morgan fingerprint density at radius 2 is 1.72 bits per heavy atom. The molecule has 6 rings (SSSR count). The molecule has 0 bridgehead atoms. The van der Waals surface area contributed by atoms with E-state index in [9.17, 15) is 4.79 Å². The van der Waals surface area contributed by atoms with Crippen LogP contribution in [-0.4, -0.2) is 40.3 Å². The summed E-state index contributed by atoms with van der Waals surface area (Å²) in [6, 6.07) is 18.1. The normalized spacial score (nSPS) is 20.2. The number of para-hydroxylation sites is 1. The lowest BCUT2D eigenvalue weighted by Crippen LogP contribution is -2.32. The Labute approximate surface area is 187 Å². The van der Waals surface area contributed by atoms with Crippen LogP contribution in [0.3, 0.4) is 0 Å². The second-order valence-electron chi connectivity index (χ2n) is 8.89. The van der Waals surface area contributed by atoms with E-state index in [1.54, 1.807) is 0 Å². The Balaban J connectivity index is 1.34. The summed E-state index contributed by atoms with van der Waals surface area (Å²) in [6.45, 7) is 2.08. The van der Waals surface area contributed by atoms with Crippen LogP contribution in [0.2, 0.25) is 0 Å². The summed E-state index contributed by atoms with van der Waals surface area (Å²) < 4.78 is 13.5. The van der Waals surface area contributed by atoms with Crippen LogP contribution in [0.25, 0.3) is 5.69 Å². The van der Waals surface area contributed by atoms with Gasteiger partial charge in [-0.1, -0.05) is 24.3 Å². The second-order valence-corrected chi connectivity index (χ2v) is 8.89. The first-order valence-corrected chi connectivity index (χ1v) is 11.6. The van der Waals surface area contributed by atoms with Gasteiger partial charge in [-0.3, -0.25) is 4.79 Å². The predicted octanol–water partition coefficient (Wildman–Crippen LogP) is 4.89. The van der Waals surface area contributed by atoms with Crippen LogP contribution in [-0.2, 0) is 0 Å². The third-order valence-electron chi connectivity index (χ3n) is 6.61. The zero-order valence-electron chi connectivity index (χ0n) is 18.1. The van der Waals surface area contributed by atoms with E-state index >= 15 is 0 Å². The third-order valence-corrected chi connectivity index (χ3v) is 6.61. The minimum Gasteiger partial charge on any atom is -0.490 e. The SMILES string of the molecule is O=C(c1cc(C2CC2)nn1-c1ccccc1)N1CCC[C@@H]1c1ccc2c(c1)OCCCO2. The standard InChI is InChI=1S/C26H27N3O3/c30-26(23-17-21(18-9-10-18)27-29(23)20-6-2-1-3-7-20)28-13-4-8-22(28)19-11-12-24-25(16-19)32-15-5-14-31-24/h1-3,6-7,11-12,16-18,22H,4-5,8-10,13-15H2/t22-/m1/s1. The lowest BCUT2D eigenvalue weighted by atomic mass is 10.0. The van der Waals surface area contributed by atoms with E-state index in [0.29, 0.717) is 24.8 Å². The molecular formula is C26H27N3O3. The summed E-state index contributed by atoms with van der Waals surface area (Å²) in [5.41, 5.74) is 3.71. The van der Waals surface area contributed by atoms with E-state index in [4.69, 9.17) is 14.6 Å². The van der Waals surface area contributed by atoms with Gasteiger partial charge in [-0.2, -0.15) is 5.10 Å². The molecule has 0 unspecified atom stereocenters. The molecule has 0 radical (unpaired) electrons. The Morgan fingerprint density at radius 1 is 0.906 bits per heavy atom. The fraction of sp³-hybridized carbons (Fsp3) is 0.385. The summed E-state index contributed by atoms with van der Waals surface area (Å²) >= 11 is 0. The highest BCUT2D eigenvalue weighted by Gasteiger charge is 2.35. The zero-order valence-corrected chi connectivity index (χ0v) is 18.1. The van der Waals surface area contributed by atoms with Gasteiger partial charge in [-0.25, -0.2) is 4.68 Å². The van der Waals surface area contributed by atoms with E-state index < -0.39 is 0 Å². The molecule has 3 heterocycles. The highest BCUT2D eigenvalue weighted by Crippen LogP contribution is 2.41. The second kappa shape index (κ2) is 8.01. The Bertz CT molecular complexity index is 1140. The number of amides is 1. The molecule has 1 saturated heterocycles. The van der Waals surface area contributed by atoms with E-state index in [-0.39, 0.29) is 11.9 Å². The Hall–Kier alpha value is -3.28. The summed E-state index contributed by atoms with van der Waals surface area (Å²) in [6.07, 6.45) is 5.12. The largest absolute Gasteiger partial charge is 0.490 e. The number of benzene rings is 2. The van der Waals surface area contributed by atoms with Crippen LogP contribution >= 0.6 is 0 Å². The van der Waals surface area contributed by atoms with Crippen molar-refractivity contribution in [3.05, 3.63) is 71.5 Å². The molecule has 6 nitrogen and oxygen atoms in total. The van der Waals surface area contributed by atoms with Crippen LogP contribution in [0, 0.1) is 0 Å². The van der Waals surface area contributed by atoms with Gasteiger partial charge in [0.15, 0.2) is 11.5 Å². The van der Waals surface area contributed by atoms with Gasteiger partial charge in [0.2, 0.25) is 0 Å². The lowest BCUT2D eigenvalue weighted by Gasteiger charge is -2.26. The fourth-order valence-corrected chi connectivity index (χ4v) is 4.79. The number of hydrogen-bond donors (Lipinski definition) is 0. The number of nitrogens with zero attached hydrogens (tertiary/aromatic N) is 3. The topological polar surface area (TPSA) is 56.6 Å². The van der Waals surface area contributed by atoms with Gasteiger partial charge in [-0.05, 0) is 61.6 Å². The number of rotatable bonds is 4. The van der Waals surface area contributed by atoms with Crippen LogP contribution in [0.4, 0.5) is 0 Å². The molecule has 2 fully saturated rings. The van der Waals surface area contributed by atoms with Crippen molar-refractivity contribution < 1.29 is 14.3 Å². The van der Waals surface area contributed by atoms with Crippen molar-refractivity contribution in [2.24, 2.45) is 0 Å². The maximum atomic E-state index is 13.8. The molecule has 2 aliphatic heterocycles. The smallest absolute Gasteiger partial charge is 0.273 e. The minimum atomic E-state index is 0.0307. The quantitative estimate of drug-likeness (QED) is 0.593. The number of carbonyl (C=O) groups excluding carboxylic acids is 1. The first kappa shape index (κ1) is 19.4. The molecular weight excluding hydrogens is 402 g/mol. The lowest BCUT2D eigenvalue weighted by molar-refractivity contribution is 0.0726. The number of fused-ring (bicyclic) bond motifs is 1. The number of aromatic nitrogens is 2. The van der Waals surface area contributed by atoms with Crippen LogP contribution < -0.4 is 9.47 Å². The van der Waals surface area contributed by atoms with E-state index in [1.807, 2.05) is 52.0 Å². The first-order chi connectivity index (χ1) is 15.8. The molecule has 1 atom stereocenters. The molecule has 164 valence electrons. The monoisotopic (exact) mass is 429 g/mol. The van der Waals surface area contributed by atoms with Crippen molar-refractivity contribution >= 4 is 5.91 Å². The predicted molar refractivity (Wildman–Crippen MR) is 121 cm³/mol. The van der Waals surface area contributed by atoms with Crippen molar-refractivity contribution in [2.45, 2.75) is 44.1 Å². The maximum Gasteiger partial charge on any atom is 0.273 e. The number of hydrogen-bond acceptors (Lipinski definition) is 4. The molecule has 0 spiro atoms. The number of likely N-dealkylation sites (tertiary alicyclic amines) is 1. The number of carbonyl (C=O) groups is 1. The summed E-state index contributed by atoms with van der Waals surface area (Å²) in [5, 5.41) is 4.83. The molecule has 0 N–H and O–H groups in total. The van der Waals surface area contributed by atoms with Crippen LogP contribution in [0.1, 0.15) is 65.8 Å². The molecule has 3 aliphatic rings. The molecule has 1 aliphatic carbocycles. The van der Waals surface area contributed by atoms with Crippen molar-refractivity contribution in [2.75, 3.05) is 19.8 Å². The molecule has 1 saturated carbocycles. The zero-order chi connectivity index (χ0) is 21.5. The molecule has 1 amide bonds. The fourth-order valence-electron chi connectivity index (χ4n) is 4.79. The summed E-state index contributed by atoms with van der Waals surface area (Å²) in [5.74, 6) is 2.11. The van der Waals surface area contributed by atoms with E-state index in [2.05, 4.69) is 12.1 Å². The molecule has 3 aromatic rings. The average molecular weight is 430 g/mol. The highest BCUT2D eigenvalue weighted by molar-refractivity contribution is 5.94. The highest BCUT2D eigenvalue weighted by atomic mass is 16.5. The Morgan fingerprint density at radius 3 is 2.53 bits per heavy atom. The van der Waals surface area contributed by atoms with Gasteiger partial charge in [-0.15, -0.1) is 0 Å². The van der Waals surface area contributed by atoms with Gasteiger partial charge < -0.3 is 14.4 Å². The van der Waals surface area contributed by atoms with Crippen LogP contribution in [0.15, 0.2) is 54.6 Å². The van der Waals surface area contributed by atoms with Crippen molar-refractivity contribution in [3.63, 3.8) is 0 Å². The molecule has 2 aromatic carbocycles. The van der Waals surface area contributed by atoms with Gasteiger partial charge in [0, 0.05) is 18.9 Å². The average Bonchev–Trinajstić information content (AvgIpc) is 3.47. The van der Waals surface area contributed by atoms with E-state index in [1.165, 1.54) is 0 Å². The van der Waals surface area contributed by atoms with Crippen molar-refractivity contribution in [1.82, 2.24) is 14.7 Å². The minimum absolute atomic E-state index is 0.0307. The summed E-state index contributed by atoms with van der Waals surface area (Å²) in [4.78, 5) is 15.8. The molecule has 1 aromatic heterocycles.